The molecule has 0 aliphatic carbocycles. The summed E-state index contributed by atoms with van der Waals surface area (Å²) in [5, 5.41) is 7.59. The topological polar surface area (TPSA) is 79.8 Å². The van der Waals surface area contributed by atoms with Crippen molar-refractivity contribution >= 4 is 41.4 Å². The van der Waals surface area contributed by atoms with E-state index in [1.807, 2.05) is 61.5 Å². The van der Waals surface area contributed by atoms with Gasteiger partial charge in [-0.15, -0.1) is 11.8 Å². The van der Waals surface area contributed by atoms with Crippen LogP contribution in [0.2, 0.25) is 5.02 Å². The van der Waals surface area contributed by atoms with Crippen LogP contribution in [0.25, 0.3) is 0 Å². The van der Waals surface area contributed by atoms with E-state index in [4.69, 9.17) is 16.3 Å². The number of amides is 2. The number of hydrogen-bond acceptors (Lipinski definition) is 5. The monoisotopic (exact) mass is 495 g/mol. The van der Waals surface area contributed by atoms with Gasteiger partial charge in [0.15, 0.2) is 6.61 Å². The first-order chi connectivity index (χ1) is 16.5. The zero-order valence-corrected chi connectivity index (χ0v) is 20.3. The standard InChI is InChI=1S/C26H26ClN3O3S/c1-19(21-7-3-2-4-8-21)29-25(31)16-33-23-13-11-20(12-14-23)15-28-30-26(32)18-34-17-22-9-5-6-10-24(22)27/h2-15,19H,16-18H2,1H3,(H,29,31)(H,30,32)/b28-15-/t19-/m1/s1. The Labute approximate surface area is 208 Å². The van der Waals surface area contributed by atoms with Crippen molar-refractivity contribution in [2.45, 2.75) is 18.7 Å². The van der Waals surface area contributed by atoms with Gasteiger partial charge in [-0.3, -0.25) is 9.59 Å². The SMILES string of the molecule is C[C@@H](NC(=O)COc1ccc(/C=N\NC(=O)CSCc2ccccc2Cl)cc1)c1ccccc1. The van der Waals surface area contributed by atoms with Crippen LogP contribution in [0.3, 0.4) is 0 Å². The highest BCUT2D eigenvalue weighted by Gasteiger charge is 2.09. The van der Waals surface area contributed by atoms with Gasteiger partial charge in [-0.05, 0) is 53.9 Å². The maximum Gasteiger partial charge on any atom is 0.258 e. The molecule has 34 heavy (non-hydrogen) atoms. The lowest BCUT2D eigenvalue weighted by Gasteiger charge is -2.14. The molecule has 0 saturated carbocycles. The third kappa shape index (κ3) is 8.57. The van der Waals surface area contributed by atoms with Gasteiger partial charge in [0.25, 0.3) is 5.91 Å². The molecule has 0 bridgehead atoms. The molecule has 0 aromatic heterocycles. The van der Waals surface area contributed by atoms with Gasteiger partial charge >= 0.3 is 0 Å². The summed E-state index contributed by atoms with van der Waals surface area (Å²) in [5.74, 6) is 1.11. The molecule has 0 unspecified atom stereocenters. The van der Waals surface area contributed by atoms with Crippen LogP contribution in [0.1, 0.15) is 29.7 Å². The predicted octanol–water partition coefficient (Wildman–Crippen LogP) is 4.98. The lowest BCUT2D eigenvalue weighted by Crippen LogP contribution is -2.31. The molecule has 0 heterocycles. The van der Waals surface area contributed by atoms with Crippen LogP contribution in [0.4, 0.5) is 0 Å². The molecule has 3 aromatic rings. The van der Waals surface area contributed by atoms with E-state index in [2.05, 4.69) is 15.8 Å². The molecule has 8 heteroatoms. The quantitative estimate of drug-likeness (QED) is 0.290. The van der Waals surface area contributed by atoms with Gasteiger partial charge in [0.05, 0.1) is 18.0 Å². The van der Waals surface area contributed by atoms with Crippen LogP contribution < -0.4 is 15.5 Å². The van der Waals surface area contributed by atoms with Gasteiger partial charge in [-0.1, -0.05) is 60.1 Å². The fourth-order valence-electron chi connectivity index (χ4n) is 2.99. The number of halogens is 1. The zero-order valence-electron chi connectivity index (χ0n) is 18.7. The molecule has 0 radical (unpaired) electrons. The second kappa shape index (κ2) is 13.4. The van der Waals surface area contributed by atoms with Crippen molar-refractivity contribution in [3.05, 3.63) is 101 Å². The van der Waals surface area contributed by atoms with Gasteiger partial charge in [-0.2, -0.15) is 5.10 Å². The average molecular weight is 496 g/mol. The molecule has 0 spiro atoms. The molecule has 2 amide bonds. The van der Waals surface area contributed by atoms with E-state index in [1.54, 1.807) is 30.5 Å². The lowest BCUT2D eigenvalue weighted by molar-refractivity contribution is -0.123. The van der Waals surface area contributed by atoms with Crippen molar-refractivity contribution in [3.63, 3.8) is 0 Å². The summed E-state index contributed by atoms with van der Waals surface area (Å²) < 4.78 is 5.55. The van der Waals surface area contributed by atoms with Crippen LogP contribution in [0.15, 0.2) is 84.0 Å². The Morgan fingerprint density at radius 3 is 2.44 bits per heavy atom. The zero-order chi connectivity index (χ0) is 24.2. The first kappa shape index (κ1) is 25.3. The smallest absolute Gasteiger partial charge is 0.258 e. The minimum Gasteiger partial charge on any atom is -0.484 e. The number of rotatable bonds is 11. The van der Waals surface area contributed by atoms with Gasteiger partial charge < -0.3 is 10.1 Å². The minimum absolute atomic E-state index is 0.0769. The van der Waals surface area contributed by atoms with Crippen LogP contribution in [0.5, 0.6) is 5.75 Å². The van der Waals surface area contributed by atoms with E-state index < -0.39 is 0 Å². The van der Waals surface area contributed by atoms with Crippen LogP contribution in [0, 0.1) is 0 Å². The molecule has 0 fully saturated rings. The molecule has 1 atom stereocenters. The van der Waals surface area contributed by atoms with E-state index in [0.29, 0.717) is 16.5 Å². The Balaban J connectivity index is 1.35. The fourth-order valence-corrected chi connectivity index (χ4v) is 4.09. The molecule has 6 nitrogen and oxygen atoms in total. The van der Waals surface area contributed by atoms with Gasteiger partial charge in [0.2, 0.25) is 5.91 Å². The molecular formula is C26H26ClN3O3S. The van der Waals surface area contributed by atoms with Gasteiger partial charge in [0, 0.05) is 10.8 Å². The summed E-state index contributed by atoms with van der Waals surface area (Å²) >= 11 is 7.58. The first-order valence-corrected chi connectivity index (χ1v) is 12.2. The molecule has 176 valence electrons. The number of benzene rings is 3. The maximum absolute atomic E-state index is 12.1. The van der Waals surface area contributed by atoms with Crippen molar-refractivity contribution in [2.75, 3.05) is 12.4 Å². The number of nitrogens with one attached hydrogen (secondary N) is 2. The third-order valence-corrected chi connectivity index (χ3v) is 6.13. The van der Waals surface area contributed by atoms with Gasteiger partial charge in [-0.25, -0.2) is 5.43 Å². The van der Waals surface area contributed by atoms with Crippen molar-refractivity contribution in [1.82, 2.24) is 10.7 Å². The van der Waals surface area contributed by atoms with E-state index >= 15 is 0 Å². The maximum atomic E-state index is 12.1. The summed E-state index contributed by atoms with van der Waals surface area (Å²) in [5.41, 5.74) is 5.33. The van der Waals surface area contributed by atoms with Crippen molar-refractivity contribution in [2.24, 2.45) is 5.10 Å². The highest BCUT2D eigenvalue weighted by Crippen LogP contribution is 2.20. The van der Waals surface area contributed by atoms with E-state index in [0.717, 1.165) is 16.7 Å². The molecule has 3 rings (SSSR count). The van der Waals surface area contributed by atoms with Crippen molar-refractivity contribution in [1.29, 1.82) is 0 Å². The second-order valence-electron chi connectivity index (χ2n) is 7.43. The third-order valence-electron chi connectivity index (χ3n) is 4.78. The molecule has 0 aliphatic rings. The average Bonchev–Trinajstić information content (AvgIpc) is 2.85. The Morgan fingerprint density at radius 1 is 1.00 bits per heavy atom. The number of carbonyl (C=O) groups is 2. The van der Waals surface area contributed by atoms with E-state index in [1.165, 1.54) is 11.8 Å². The van der Waals surface area contributed by atoms with Crippen LogP contribution in [-0.2, 0) is 15.3 Å². The normalized spacial score (nSPS) is 11.7. The van der Waals surface area contributed by atoms with E-state index in [9.17, 15) is 9.59 Å². The molecular weight excluding hydrogens is 470 g/mol. The summed E-state index contributed by atoms with van der Waals surface area (Å²) in [7, 11) is 0. The Morgan fingerprint density at radius 2 is 1.71 bits per heavy atom. The van der Waals surface area contributed by atoms with Crippen LogP contribution in [-0.4, -0.2) is 30.4 Å². The fraction of sp³-hybridized carbons (Fsp3) is 0.192. The Bertz CT molecular complexity index is 1110. The lowest BCUT2D eigenvalue weighted by atomic mass is 10.1. The van der Waals surface area contributed by atoms with Crippen molar-refractivity contribution < 1.29 is 14.3 Å². The van der Waals surface area contributed by atoms with Crippen LogP contribution >= 0.6 is 23.4 Å². The number of nitrogens with zero attached hydrogens (tertiary/aromatic N) is 1. The summed E-state index contributed by atoms with van der Waals surface area (Å²) in [6.45, 7) is 1.85. The van der Waals surface area contributed by atoms with E-state index in [-0.39, 0.29) is 30.2 Å². The second-order valence-corrected chi connectivity index (χ2v) is 8.83. The summed E-state index contributed by atoms with van der Waals surface area (Å²) in [4.78, 5) is 24.1. The Hall–Kier alpha value is -3.29. The molecule has 3 aromatic carbocycles. The first-order valence-electron chi connectivity index (χ1n) is 10.7. The number of hydrogen-bond donors (Lipinski definition) is 2. The number of thioether (sulfide) groups is 1. The van der Waals surface area contributed by atoms with Gasteiger partial charge in [0.1, 0.15) is 5.75 Å². The summed E-state index contributed by atoms with van der Waals surface area (Å²) in [6, 6.07) is 24.3. The number of carbonyl (C=O) groups excluding carboxylic acids is 2. The highest BCUT2D eigenvalue weighted by atomic mass is 35.5. The minimum atomic E-state index is -0.197. The molecule has 0 aliphatic heterocycles. The number of ether oxygens (including phenoxy) is 1. The number of hydrazone groups is 1. The highest BCUT2D eigenvalue weighted by molar-refractivity contribution is 7.99. The van der Waals surface area contributed by atoms with Crippen molar-refractivity contribution in [3.8, 4) is 5.75 Å². The predicted molar refractivity (Wildman–Crippen MR) is 138 cm³/mol. The Kier molecular flexibility index (Phi) is 10.0. The molecule has 0 saturated heterocycles. The molecule has 2 N–H and O–H groups in total. The summed E-state index contributed by atoms with van der Waals surface area (Å²) in [6.07, 6.45) is 1.55. The largest absolute Gasteiger partial charge is 0.484 e.